The SMILES string of the molecule is CNCc1cc(-c2ccccc2F)n(S(=O)(=O)c2ccc3c(c2)CCO3)c1. The van der Waals surface area contributed by atoms with Crippen molar-refractivity contribution >= 4 is 10.0 Å². The van der Waals surface area contributed by atoms with Gasteiger partial charge in [0.2, 0.25) is 0 Å². The van der Waals surface area contributed by atoms with Crippen LogP contribution in [0.5, 0.6) is 5.75 Å². The van der Waals surface area contributed by atoms with E-state index in [0.717, 1.165) is 15.1 Å². The van der Waals surface area contributed by atoms with Crippen LogP contribution in [0.3, 0.4) is 0 Å². The lowest BCUT2D eigenvalue weighted by Crippen LogP contribution is -2.14. The third-order valence-electron chi connectivity index (χ3n) is 4.59. The fourth-order valence-electron chi connectivity index (χ4n) is 3.30. The molecule has 0 fully saturated rings. The van der Waals surface area contributed by atoms with Crippen LogP contribution >= 0.6 is 0 Å². The number of hydrogen-bond donors (Lipinski definition) is 1. The topological polar surface area (TPSA) is 60.3 Å². The van der Waals surface area contributed by atoms with Crippen LogP contribution in [0, 0.1) is 5.82 Å². The third kappa shape index (κ3) is 3.13. The van der Waals surface area contributed by atoms with Gasteiger partial charge in [0.25, 0.3) is 10.0 Å². The van der Waals surface area contributed by atoms with Gasteiger partial charge in [-0.15, -0.1) is 0 Å². The number of fused-ring (bicyclic) bond motifs is 1. The Balaban J connectivity index is 1.88. The summed E-state index contributed by atoms with van der Waals surface area (Å²) in [4.78, 5) is 0.163. The van der Waals surface area contributed by atoms with E-state index in [2.05, 4.69) is 5.32 Å². The minimum Gasteiger partial charge on any atom is -0.493 e. The normalized spacial score (nSPS) is 13.4. The molecule has 0 saturated heterocycles. The number of benzene rings is 2. The third-order valence-corrected chi connectivity index (χ3v) is 6.26. The molecule has 5 nitrogen and oxygen atoms in total. The highest BCUT2D eigenvalue weighted by atomic mass is 32.2. The zero-order chi connectivity index (χ0) is 19.0. The number of aromatic nitrogens is 1. The maximum absolute atomic E-state index is 14.4. The van der Waals surface area contributed by atoms with Crippen molar-refractivity contribution in [2.75, 3.05) is 13.7 Å². The van der Waals surface area contributed by atoms with Crippen LogP contribution in [0.2, 0.25) is 0 Å². The van der Waals surface area contributed by atoms with Crippen molar-refractivity contribution in [1.29, 1.82) is 0 Å². The Morgan fingerprint density at radius 1 is 1.19 bits per heavy atom. The molecular weight excluding hydrogens is 367 g/mol. The van der Waals surface area contributed by atoms with E-state index in [4.69, 9.17) is 4.74 Å². The van der Waals surface area contributed by atoms with Crippen molar-refractivity contribution in [3.63, 3.8) is 0 Å². The molecule has 0 radical (unpaired) electrons. The standard InChI is InChI=1S/C20H19FN2O3S/c1-22-12-14-10-19(17-4-2-3-5-18(17)21)23(13-14)27(24,25)16-6-7-20-15(11-16)8-9-26-20/h2-7,10-11,13,22H,8-9,12H2,1H3. The minimum atomic E-state index is -3.89. The molecule has 2 heterocycles. The lowest BCUT2D eigenvalue weighted by Gasteiger charge is -2.12. The van der Waals surface area contributed by atoms with E-state index in [1.165, 1.54) is 18.3 Å². The van der Waals surface area contributed by atoms with E-state index in [-0.39, 0.29) is 10.5 Å². The molecule has 140 valence electrons. The Morgan fingerprint density at radius 2 is 2.00 bits per heavy atom. The smallest absolute Gasteiger partial charge is 0.268 e. The Bertz CT molecular complexity index is 1110. The molecule has 0 atom stereocenters. The maximum Gasteiger partial charge on any atom is 0.268 e. The van der Waals surface area contributed by atoms with Gasteiger partial charge >= 0.3 is 0 Å². The van der Waals surface area contributed by atoms with E-state index >= 15 is 0 Å². The summed E-state index contributed by atoms with van der Waals surface area (Å²) in [6.07, 6.45) is 2.22. The predicted molar refractivity (Wildman–Crippen MR) is 101 cm³/mol. The van der Waals surface area contributed by atoms with Gasteiger partial charge in [-0.05, 0) is 54.6 Å². The zero-order valence-electron chi connectivity index (χ0n) is 14.8. The molecule has 0 saturated carbocycles. The van der Waals surface area contributed by atoms with E-state index in [1.54, 1.807) is 43.4 Å². The Morgan fingerprint density at radius 3 is 2.78 bits per heavy atom. The lowest BCUT2D eigenvalue weighted by molar-refractivity contribution is 0.356. The van der Waals surface area contributed by atoms with Crippen LogP contribution < -0.4 is 10.1 Å². The molecule has 2 aromatic carbocycles. The van der Waals surface area contributed by atoms with E-state index in [0.29, 0.717) is 31.0 Å². The van der Waals surface area contributed by atoms with Crippen LogP contribution in [-0.4, -0.2) is 26.0 Å². The number of hydrogen-bond acceptors (Lipinski definition) is 4. The second kappa shape index (κ2) is 6.83. The fraction of sp³-hybridized carbons (Fsp3) is 0.200. The lowest BCUT2D eigenvalue weighted by atomic mass is 10.1. The number of halogens is 1. The van der Waals surface area contributed by atoms with Gasteiger partial charge in [0.15, 0.2) is 0 Å². The maximum atomic E-state index is 14.4. The summed E-state index contributed by atoms with van der Waals surface area (Å²) in [7, 11) is -2.11. The monoisotopic (exact) mass is 386 g/mol. The molecule has 1 aromatic heterocycles. The molecule has 7 heteroatoms. The van der Waals surface area contributed by atoms with Gasteiger partial charge in [0.05, 0.1) is 17.2 Å². The molecule has 0 aliphatic carbocycles. The molecule has 1 aliphatic rings. The number of rotatable bonds is 5. The Hall–Kier alpha value is -2.64. The summed E-state index contributed by atoms with van der Waals surface area (Å²) in [5, 5.41) is 3.00. The van der Waals surface area contributed by atoms with Crippen molar-refractivity contribution in [3.05, 3.63) is 71.7 Å². The number of ether oxygens (including phenoxy) is 1. The molecule has 1 N–H and O–H groups in total. The molecule has 3 aromatic rings. The first kappa shape index (κ1) is 17.8. The van der Waals surface area contributed by atoms with E-state index < -0.39 is 15.8 Å². The highest BCUT2D eigenvalue weighted by Gasteiger charge is 2.25. The van der Waals surface area contributed by atoms with Crippen molar-refractivity contribution in [2.24, 2.45) is 0 Å². The van der Waals surface area contributed by atoms with Gasteiger partial charge in [0, 0.05) is 24.7 Å². The first-order chi connectivity index (χ1) is 13.0. The molecule has 1 aliphatic heterocycles. The zero-order valence-corrected chi connectivity index (χ0v) is 15.6. The van der Waals surface area contributed by atoms with Crippen molar-refractivity contribution in [3.8, 4) is 17.0 Å². The molecule has 4 rings (SSSR count). The second-order valence-corrected chi connectivity index (χ2v) is 8.23. The van der Waals surface area contributed by atoms with Crippen molar-refractivity contribution < 1.29 is 17.5 Å². The summed E-state index contributed by atoms with van der Waals surface area (Å²) in [5.74, 6) is 0.247. The fourth-order valence-corrected chi connectivity index (χ4v) is 4.74. The van der Waals surface area contributed by atoms with Gasteiger partial charge in [-0.3, -0.25) is 0 Å². The van der Waals surface area contributed by atoms with Gasteiger partial charge < -0.3 is 10.1 Å². The van der Waals surface area contributed by atoms with Crippen LogP contribution in [0.1, 0.15) is 11.1 Å². The molecular formula is C20H19FN2O3S. The minimum absolute atomic E-state index is 0.163. The molecule has 27 heavy (non-hydrogen) atoms. The first-order valence-electron chi connectivity index (χ1n) is 8.63. The summed E-state index contributed by atoms with van der Waals surface area (Å²) >= 11 is 0. The highest BCUT2D eigenvalue weighted by molar-refractivity contribution is 7.90. The van der Waals surface area contributed by atoms with Crippen LogP contribution in [0.15, 0.2) is 59.6 Å². The molecule has 0 unspecified atom stereocenters. The van der Waals surface area contributed by atoms with Crippen LogP contribution in [0.4, 0.5) is 4.39 Å². The molecule has 0 spiro atoms. The summed E-state index contributed by atoms with van der Waals surface area (Å²) < 4.78 is 47.7. The van der Waals surface area contributed by atoms with Crippen LogP contribution in [0.25, 0.3) is 11.3 Å². The predicted octanol–water partition coefficient (Wildman–Crippen LogP) is 3.19. The van der Waals surface area contributed by atoms with E-state index in [9.17, 15) is 12.8 Å². The molecule has 0 bridgehead atoms. The largest absolute Gasteiger partial charge is 0.493 e. The van der Waals surface area contributed by atoms with Gasteiger partial charge in [0.1, 0.15) is 11.6 Å². The average molecular weight is 386 g/mol. The summed E-state index contributed by atoms with van der Waals surface area (Å²) in [6, 6.07) is 12.7. The second-order valence-electron chi connectivity index (χ2n) is 6.41. The summed E-state index contributed by atoms with van der Waals surface area (Å²) in [5.41, 5.74) is 2.16. The van der Waals surface area contributed by atoms with Gasteiger partial charge in [-0.25, -0.2) is 16.8 Å². The number of nitrogens with zero attached hydrogens (tertiary/aromatic N) is 1. The highest BCUT2D eigenvalue weighted by Crippen LogP contribution is 2.32. The van der Waals surface area contributed by atoms with Gasteiger partial charge in [-0.1, -0.05) is 12.1 Å². The molecule has 0 amide bonds. The van der Waals surface area contributed by atoms with Crippen molar-refractivity contribution in [2.45, 2.75) is 17.9 Å². The Labute approximate surface area is 157 Å². The first-order valence-corrected chi connectivity index (χ1v) is 10.1. The quantitative estimate of drug-likeness (QED) is 0.732. The van der Waals surface area contributed by atoms with Gasteiger partial charge in [-0.2, -0.15) is 0 Å². The summed E-state index contributed by atoms with van der Waals surface area (Å²) in [6.45, 7) is 1.02. The van der Waals surface area contributed by atoms with Crippen LogP contribution in [-0.2, 0) is 23.0 Å². The Kier molecular flexibility index (Phi) is 4.49. The number of nitrogens with one attached hydrogen (secondary N) is 1. The van der Waals surface area contributed by atoms with E-state index in [1.807, 2.05) is 0 Å². The van der Waals surface area contributed by atoms with Crippen molar-refractivity contribution in [1.82, 2.24) is 9.29 Å². The average Bonchev–Trinajstić information content (AvgIpc) is 3.29.